The second-order valence-corrected chi connectivity index (χ2v) is 31.1. The molecule has 0 spiro atoms. The smallest absolute Gasteiger partial charge is 0.0933 e. The summed E-state index contributed by atoms with van der Waals surface area (Å²) in [6, 6.07) is 65.6. The Hall–Kier alpha value is -7.00. The van der Waals surface area contributed by atoms with Crippen LogP contribution in [-0.4, -0.2) is 52.6 Å². The summed E-state index contributed by atoms with van der Waals surface area (Å²) in [7, 11) is 0. The molecule has 0 fully saturated rings. The molecule has 4 N–H and O–H groups in total. The molecular formula is C99H118Ir4N4O4-4. The molecule has 12 rings (SSSR count). The van der Waals surface area contributed by atoms with E-state index in [-0.39, 0.29) is 104 Å². The van der Waals surface area contributed by atoms with Gasteiger partial charge in [0.2, 0.25) is 0 Å². The van der Waals surface area contributed by atoms with Gasteiger partial charge in [0.15, 0.2) is 0 Å². The molecule has 0 aliphatic carbocycles. The number of aryl methyl sites for hydroxylation is 8. The molecule has 0 amide bonds. The second-order valence-electron chi connectivity index (χ2n) is 31.1. The molecule has 0 aliphatic rings. The van der Waals surface area contributed by atoms with Crippen LogP contribution in [0, 0.1) is 125 Å². The molecule has 111 heavy (non-hydrogen) atoms. The number of benzene rings is 8. The molecule has 598 valence electrons. The van der Waals surface area contributed by atoms with Crippen LogP contribution in [0.1, 0.15) is 204 Å². The Morgan fingerprint density at radius 3 is 0.856 bits per heavy atom. The maximum absolute atomic E-state index is 9.31. The van der Waals surface area contributed by atoms with E-state index < -0.39 is 12.2 Å². The Kier molecular flexibility index (Phi) is 40.0. The average Bonchev–Trinajstić information content (AvgIpc) is 0.795. The van der Waals surface area contributed by atoms with Gasteiger partial charge >= 0.3 is 0 Å². The van der Waals surface area contributed by atoms with E-state index in [1.54, 1.807) is 6.92 Å². The number of rotatable bonds is 13. The Balaban J connectivity index is 0.000000353. The predicted molar refractivity (Wildman–Crippen MR) is 456 cm³/mol. The molecule has 4 radical (unpaired) electrons. The first-order valence-corrected chi connectivity index (χ1v) is 38.2. The van der Waals surface area contributed by atoms with Crippen molar-refractivity contribution in [2.24, 2.45) is 17.8 Å². The largest absolute Gasteiger partial charge is 0.513 e. The molecule has 8 nitrogen and oxygen atoms in total. The van der Waals surface area contributed by atoms with Gasteiger partial charge in [0.25, 0.3) is 0 Å². The number of pyridine rings is 4. The summed E-state index contributed by atoms with van der Waals surface area (Å²) in [6.45, 7) is 54.2. The van der Waals surface area contributed by atoms with E-state index in [1.807, 2.05) is 27.7 Å². The van der Waals surface area contributed by atoms with Crippen molar-refractivity contribution in [3.05, 3.63) is 283 Å². The Bertz CT molecular complexity index is 4690. The molecule has 12 heteroatoms. The van der Waals surface area contributed by atoms with Crippen LogP contribution >= 0.6 is 0 Å². The molecule has 4 heterocycles. The summed E-state index contributed by atoms with van der Waals surface area (Å²) in [4.78, 5) is 19.5. The molecule has 0 aliphatic heterocycles. The van der Waals surface area contributed by atoms with E-state index in [0.29, 0.717) is 23.7 Å². The third-order valence-electron chi connectivity index (χ3n) is 20.2. The predicted octanol–water partition coefficient (Wildman–Crippen LogP) is 26.0. The van der Waals surface area contributed by atoms with Crippen LogP contribution in [-0.2, 0) is 86.8 Å². The zero-order valence-corrected chi connectivity index (χ0v) is 79.8. The molecule has 2 unspecified atom stereocenters. The first-order valence-electron chi connectivity index (χ1n) is 38.2. The van der Waals surface area contributed by atoms with Gasteiger partial charge in [-0.3, -0.25) is 19.9 Å². The number of fused-ring (bicyclic) bond motifs is 4. The van der Waals surface area contributed by atoms with Crippen LogP contribution in [0.4, 0.5) is 0 Å². The van der Waals surface area contributed by atoms with Gasteiger partial charge < -0.3 is 20.4 Å². The fourth-order valence-electron chi connectivity index (χ4n) is 12.8. The normalized spacial score (nSPS) is 11.8. The fraction of sp³-hybridized carbons (Fsp3) is 0.354. The molecule has 4 aromatic heterocycles. The summed E-state index contributed by atoms with van der Waals surface area (Å²) in [5.74, 6) is 2.86. The summed E-state index contributed by atoms with van der Waals surface area (Å²) in [5, 5.41) is 40.5. The minimum Gasteiger partial charge on any atom is -0.513 e. The zero-order chi connectivity index (χ0) is 79.0. The third-order valence-corrected chi connectivity index (χ3v) is 20.2. The van der Waals surface area contributed by atoms with E-state index in [1.165, 1.54) is 130 Å². The molecular weight excluding hydrogens is 2080 g/mol. The van der Waals surface area contributed by atoms with Crippen molar-refractivity contribution in [2.75, 3.05) is 0 Å². The maximum atomic E-state index is 9.31. The van der Waals surface area contributed by atoms with Gasteiger partial charge in [-0.05, 0) is 131 Å². The summed E-state index contributed by atoms with van der Waals surface area (Å²) in [6.07, 6.45) is 2.89. The van der Waals surface area contributed by atoms with E-state index >= 15 is 0 Å². The topological polar surface area (TPSA) is 132 Å². The van der Waals surface area contributed by atoms with Gasteiger partial charge in [-0.15, -0.1) is 138 Å². The first-order chi connectivity index (χ1) is 50.4. The van der Waals surface area contributed by atoms with Crippen molar-refractivity contribution in [1.82, 2.24) is 19.9 Å². The van der Waals surface area contributed by atoms with E-state index in [0.717, 1.165) is 73.5 Å². The molecule has 0 saturated carbocycles. The van der Waals surface area contributed by atoms with Gasteiger partial charge in [0.05, 0.1) is 45.8 Å². The van der Waals surface area contributed by atoms with Crippen LogP contribution in [0.25, 0.3) is 88.6 Å². The minimum absolute atomic E-state index is 0. The second kappa shape index (κ2) is 45.2. The van der Waals surface area contributed by atoms with Crippen LogP contribution in [0.2, 0.25) is 0 Å². The van der Waals surface area contributed by atoms with Gasteiger partial charge in [0.1, 0.15) is 0 Å². The third kappa shape index (κ3) is 27.1. The SMILES string of the molecule is CC(C)C(O)=CC(O)C(C)C.CC(O)=CC(C)O.Cc1[c-]c(-c2ccc3c(C(C)C)cccc3n2)cc(C)c1C.Cc1[c-]c(-c2ccc3c(C(C)C)cccc3n2)cc(C)c1C.Cc1[c-]c(-c2ccc3c(C(C)C)cccc3n2)cc(C)c1C.Cc1[c-]c(-c2ccc3c(CC(C)C)cccc3n2)cc(C)c1C.[Ir].[Ir].[Ir].[Ir]. The molecule has 2 atom stereocenters. The van der Waals surface area contributed by atoms with E-state index in [2.05, 4.69) is 308 Å². The van der Waals surface area contributed by atoms with Crippen molar-refractivity contribution >= 4 is 43.6 Å². The zero-order valence-electron chi connectivity index (χ0n) is 70.2. The summed E-state index contributed by atoms with van der Waals surface area (Å²) >= 11 is 0. The number of allylic oxidation sites excluding steroid dienone is 2. The number of aromatic nitrogens is 4. The van der Waals surface area contributed by atoms with Crippen molar-refractivity contribution in [2.45, 2.75) is 216 Å². The minimum atomic E-state index is -0.537. The number of aliphatic hydroxyl groups is 4. The van der Waals surface area contributed by atoms with Crippen LogP contribution in [0.5, 0.6) is 0 Å². The van der Waals surface area contributed by atoms with Crippen molar-refractivity contribution < 1.29 is 101 Å². The van der Waals surface area contributed by atoms with Crippen LogP contribution in [0.3, 0.4) is 0 Å². The van der Waals surface area contributed by atoms with Gasteiger partial charge in [-0.1, -0.05) is 263 Å². The van der Waals surface area contributed by atoms with Gasteiger partial charge in [-0.25, -0.2) is 0 Å². The maximum Gasteiger partial charge on any atom is 0.0933 e. The number of hydrogen-bond donors (Lipinski definition) is 4. The number of aliphatic hydroxyl groups excluding tert-OH is 4. The fourth-order valence-corrected chi connectivity index (χ4v) is 12.8. The number of hydrogen-bond acceptors (Lipinski definition) is 8. The number of nitrogens with zero attached hydrogens (tertiary/aromatic N) is 4. The van der Waals surface area contributed by atoms with E-state index in [4.69, 9.17) is 30.1 Å². The molecule has 0 bridgehead atoms. The monoisotopic (exact) mass is 2200 g/mol. The van der Waals surface area contributed by atoms with Gasteiger partial charge in [0, 0.05) is 108 Å². The standard InChI is InChI=1S/C22H24N.3C21H22N.C9H18O2.C5H10O2.4Ir/c1-14(2)11-18-7-6-8-22-20(18)9-10-21(23-22)19-12-15(3)17(5)16(4)13-19;3*1-13(2)18-7-6-8-21-19(18)9-10-20(22-21)17-11-14(3)16(5)15(4)12-17;1-6(2)8(10)5-9(11)7(3)4;1-4(6)3-5(2)7;;;;/h6-10,12,14H,11H2,1-5H3;3*6-11,13H,1-5H3;5-8,10-11H,1-4H3;3-4,6-7H,1-2H3;;;;/q4*-1;;;;;;. The van der Waals surface area contributed by atoms with Crippen molar-refractivity contribution in [3.8, 4) is 45.0 Å². The Morgan fingerprint density at radius 2 is 0.631 bits per heavy atom. The molecule has 8 aromatic carbocycles. The van der Waals surface area contributed by atoms with Crippen molar-refractivity contribution in [3.63, 3.8) is 0 Å². The average molecular weight is 2200 g/mol. The summed E-state index contributed by atoms with van der Waals surface area (Å²) in [5.41, 5.74) is 33.3. The Morgan fingerprint density at radius 1 is 0.360 bits per heavy atom. The van der Waals surface area contributed by atoms with Crippen LogP contribution in [0.15, 0.2) is 169 Å². The van der Waals surface area contributed by atoms with Gasteiger partial charge in [-0.2, -0.15) is 0 Å². The molecule has 0 saturated heterocycles. The summed E-state index contributed by atoms with van der Waals surface area (Å²) < 4.78 is 0. The van der Waals surface area contributed by atoms with E-state index in [9.17, 15) is 10.2 Å². The first kappa shape index (κ1) is 98.2. The Labute approximate surface area is 719 Å². The quantitative estimate of drug-likeness (QED) is 0.0663. The van der Waals surface area contributed by atoms with Crippen molar-refractivity contribution in [1.29, 1.82) is 0 Å². The molecule has 12 aromatic rings. The van der Waals surface area contributed by atoms with Crippen LogP contribution < -0.4 is 0 Å².